The number of unbranched alkanes of at least 4 members (excludes halogenated alkanes) is 1. The number of carboxylic acid groups (broad SMARTS) is 1. The van der Waals surface area contributed by atoms with Gasteiger partial charge in [-0.05, 0) is 43.7 Å². The molecule has 0 aliphatic heterocycles. The van der Waals surface area contributed by atoms with Gasteiger partial charge in [-0.25, -0.2) is 4.79 Å². The van der Waals surface area contributed by atoms with Gasteiger partial charge in [0.05, 0.1) is 6.04 Å². The van der Waals surface area contributed by atoms with E-state index in [1.54, 1.807) is 44.2 Å². The summed E-state index contributed by atoms with van der Waals surface area (Å²) in [5, 5.41) is 17.3. The van der Waals surface area contributed by atoms with E-state index in [0.717, 1.165) is 5.56 Å². The average molecular weight is 521 g/mol. The monoisotopic (exact) mass is 520 g/mol. The number of hydrogen-bond acceptors (Lipinski definition) is 7. The zero-order valence-corrected chi connectivity index (χ0v) is 21.4. The van der Waals surface area contributed by atoms with Crippen LogP contribution >= 0.6 is 0 Å². The maximum atomic E-state index is 13.2. The van der Waals surface area contributed by atoms with E-state index in [0.29, 0.717) is 19.4 Å². The van der Waals surface area contributed by atoms with E-state index >= 15 is 0 Å². The normalized spacial score (nSPS) is 14.2. The third-order valence-electron chi connectivity index (χ3n) is 5.76. The SMILES string of the molecule is CC(C)C(NC(=O)C(N)CCC(N)=O)C(=O)NC(Cc1ccccc1)C(=O)NC(CCCCN)C(=O)O. The van der Waals surface area contributed by atoms with Gasteiger partial charge in [0.25, 0.3) is 0 Å². The summed E-state index contributed by atoms with van der Waals surface area (Å²) in [6, 6.07) is 4.61. The summed E-state index contributed by atoms with van der Waals surface area (Å²) >= 11 is 0. The summed E-state index contributed by atoms with van der Waals surface area (Å²) in [6.45, 7) is 3.83. The van der Waals surface area contributed by atoms with Gasteiger partial charge in [0.1, 0.15) is 18.1 Å². The highest BCUT2D eigenvalue weighted by Crippen LogP contribution is 2.09. The zero-order valence-electron chi connectivity index (χ0n) is 21.4. The van der Waals surface area contributed by atoms with Crippen molar-refractivity contribution in [2.24, 2.45) is 23.1 Å². The van der Waals surface area contributed by atoms with Gasteiger partial charge in [0.15, 0.2) is 0 Å². The summed E-state index contributed by atoms with van der Waals surface area (Å²) in [5.41, 5.74) is 17.1. The van der Waals surface area contributed by atoms with Crippen molar-refractivity contribution >= 4 is 29.6 Å². The molecule has 0 spiro atoms. The fourth-order valence-electron chi connectivity index (χ4n) is 3.57. The summed E-state index contributed by atoms with van der Waals surface area (Å²) in [5.74, 6) is -4.08. The number of rotatable bonds is 17. The number of carbonyl (C=O) groups excluding carboxylic acids is 4. The van der Waals surface area contributed by atoms with Crippen molar-refractivity contribution in [3.05, 3.63) is 35.9 Å². The molecule has 1 rings (SSSR count). The molecule has 4 atom stereocenters. The van der Waals surface area contributed by atoms with Crippen LogP contribution in [-0.4, -0.2) is 65.4 Å². The number of primary amides is 1. The van der Waals surface area contributed by atoms with Crippen LogP contribution in [0.25, 0.3) is 0 Å². The first kappa shape index (κ1) is 31.5. The van der Waals surface area contributed by atoms with Crippen LogP contribution in [0.3, 0.4) is 0 Å². The number of carboxylic acids is 1. The van der Waals surface area contributed by atoms with E-state index in [9.17, 15) is 29.1 Å². The van der Waals surface area contributed by atoms with Crippen molar-refractivity contribution in [1.29, 1.82) is 0 Å². The quantitative estimate of drug-likeness (QED) is 0.128. The van der Waals surface area contributed by atoms with Crippen LogP contribution in [-0.2, 0) is 30.4 Å². The molecule has 0 fully saturated rings. The zero-order chi connectivity index (χ0) is 28.0. The molecule has 1 aromatic rings. The summed E-state index contributed by atoms with van der Waals surface area (Å²) in [6.07, 6.45) is 1.36. The molecular weight excluding hydrogens is 480 g/mol. The van der Waals surface area contributed by atoms with Crippen molar-refractivity contribution in [2.75, 3.05) is 6.54 Å². The minimum absolute atomic E-state index is 0.0212. The molecule has 0 bridgehead atoms. The molecule has 4 amide bonds. The molecule has 10 N–H and O–H groups in total. The lowest BCUT2D eigenvalue weighted by molar-refractivity contribution is -0.142. The van der Waals surface area contributed by atoms with E-state index in [1.165, 1.54) is 0 Å². The number of amides is 4. The molecule has 12 nitrogen and oxygen atoms in total. The molecule has 4 unspecified atom stereocenters. The second-order valence-corrected chi connectivity index (χ2v) is 9.28. The van der Waals surface area contributed by atoms with Gasteiger partial charge < -0.3 is 38.3 Å². The lowest BCUT2D eigenvalue weighted by atomic mass is 10.00. The van der Waals surface area contributed by atoms with Gasteiger partial charge in [-0.1, -0.05) is 44.2 Å². The molecule has 1 aromatic carbocycles. The Morgan fingerprint density at radius 1 is 0.865 bits per heavy atom. The molecule has 0 saturated heterocycles. The molecule has 12 heteroatoms. The largest absolute Gasteiger partial charge is 0.480 e. The molecule has 206 valence electrons. The second-order valence-electron chi connectivity index (χ2n) is 9.28. The van der Waals surface area contributed by atoms with Gasteiger partial charge in [0, 0.05) is 12.8 Å². The minimum Gasteiger partial charge on any atom is -0.480 e. The summed E-state index contributed by atoms with van der Waals surface area (Å²) in [4.78, 5) is 61.5. The minimum atomic E-state index is -1.19. The molecule has 0 aliphatic rings. The van der Waals surface area contributed by atoms with E-state index in [4.69, 9.17) is 17.2 Å². The van der Waals surface area contributed by atoms with Crippen molar-refractivity contribution in [3.63, 3.8) is 0 Å². The fourth-order valence-corrected chi connectivity index (χ4v) is 3.57. The van der Waals surface area contributed by atoms with Crippen molar-refractivity contribution in [2.45, 2.75) is 76.5 Å². The number of benzene rings is 1. The van der Waals surface area contributed by atoms with Gasteiger partial charge in [-0.2, -0.15) is 0 Å². The first-order valence-electron chi connectivity index (χ1n) is 12.4. The maximum Gasteiger partial charge on any atom is 0.326 e. The molecule has 0 aromatic heterocycles. The Morgan fingerprint density at radius 3 is 2.03 bits per heavy atom. The Bertz CT molecular complexity index is 910. The van der Waals surface area contributed by atoms with E-state index in [-0.39, 0.29) is 31.6 Å². The molecule has 0 aliphatic carbocycles. The Balaban J connectivity index is 3.03. The van der Waals surface area contributed by atoms with Gasteiger partial charge in [0.2, 0.25) is 23.6 Å². The highest BCUT2D eigenvalue weighted by atomic mass is 16.4. The van der Waals surface area contributed by atoms with Crippen molar-refractivity contribution in [1.82, 2.24) is 16.0 Å². The third kappa shape index (κ3) is 11.8. The van der Waals surface area contributed by atoms with Crippen molar-refractivity contribution in [3.8, 4) is 0 Å². The highest BCUT2D eigenvalue weighted by molar-refractivity contribution is 5.94. The van der Waals surface area contributed by atoms with E-state index in [2.05, 4.69) is 16.0 Å². The molecule has 0 saturated carbocycles. The lowest BCUT2D eigenvalue weighted by Gasteiger charge is -2.27. The fraction of sp³-hybridized carbons (Fsp3) is 0.560. The third-order valence-corrected chi connectivity index (χ3v) is 5.76. The topological polar surface area (TPSA) is 220 Å². The van der Waals surface area contributed by atoms with Crippen LogP contribution in [0.15, 0.2) is 30.3 Å². The summed E-state index contributed by atoms with van der Waals surface area (Å²) in [7, 11) is 0. The molecule has 37 heavy (non-hydrogen) atoms. The van der Waals surface area contributed by atoms with E-state index in [1.807, 2.05) is 0 Å². The predicted octanol–water partition coefficient (Wildman–Crippen LogP) is -0.854. The second kappa shape index (κ2) is 16.3. The first-order valence-corrected chi connectivity index (χ1v) is 12.4. The Hall–Kier alpha value is -3.51. The first-order chi connectivity index (χ1) is 17.5. The summed E-state index contributed by atoms with van der Waals surface area (Å²) < 4.78 is 0. The molecule has 0 radical (unpaired) electrons. The van der Waals surface area contributed by atoms with Gasteiger partial charge in [-0.3, -0.25) is 19.2 Å². The smallest absolute Gasteiger partial charge is 0.326 e. The van der Waals surface area contributed by atoms with Crippen molar-refractivity contribution < 1.29 is 29.1 Å². The van der Waals surface area contributed by atoms with Crippen LogP contribution in [0.5, 0.6) is 0 Å². The molecular formula is C25H40N6O6. The standard InChI is InChI=1S/C25H40N6O6/c1-15(2)21(31-22(33)17(27)11-12-20(28)32)24(35)30-19(14-16-8-4-3-5-9-16)23(34)29-18(25(36)37)10-6-7-13-26/h3-5,8-9,15,17-19,21H,6-7,10-14,26-27H2,1-2H3,(H2,28,32)(H,29,34)(H,30,35)(H,31,33)(H,36,37). The number of nitrogens with two attached hydrogens (primary N) is 3. The van der Waals surface area contributed by atoms with E-state index < -0.39 is 53.8 Å². The lowest BCUT2D eigenvalue weighted by Crippen LogP contribution is -2.58. The van der Waals surface area contributed by atoms with Crippen LogP contribution in [0, 0.1) is 5.92 Å². The number of aliphatic carboxylic acids is 1. The Labute approximate surface area is 217 Å². The van der Waals surface area contributed by atoms with Crippen LogP contribution < -0.4 is 33.2 Å². The number of carbonyl (C=O) groups is 5. The predicted molar refractivity (Wildman–Crippen MR) is 138 cm³/mol. The van der Waals surface area contributed by atoms with Crippen LogP contribution in [0.1, 0.15) is 51.5 Å². The van der Waals surface area contributed by atoms with Gasteiger partial charge >= 0.3 is 5.97 Å². The average Bonchev–Trinajstić information content (AvgIpc) is 2.84. The number of hydrogen-bond donors (Lipinski definition) is 7. The maximum absolute atomic E-state index is 13.2. The molecule has 0 heterocycles. The van der Waals surface area contributed by atoms with Crippen LogP contribution in [0.4, 0.5) is 0 Å². The van der Waals surface area contributed by atoms with Gasteiger partial charge in [-0.15, -0.1) is 0 Å². The van der Waals surface area contributed by atoms with Crippen LogP contribution in [0.2, 0.25) is 0 Å². The Morgan fingerprint density at radius 2 is 1.49 bits per heavy atom. The Kier molecular flexibility index (Phi) is 13.9. The number of nitrogens with one attached hydrogen (secondary N) is 3. The highest BCUT2D eigenvalue weighted by Gasteiger charge is 2.31.